The number of pyridine rings is 1. The van der Waals surface area contributed by atoms with Crippen LogP contribution in [0.15, 0.2) is 6.20 Å². The van der Waals surface area contributed by atoms with Crippen molar-refractivity contribution in [2.24, 2.45) is 11.7 Å². The molecule has 1 saturated heterocycles. The lowest BCUT2D eigenvalue weighted by molar-refractivity contribution is 0.0584. The summed E-state index contributed by atoms with van der Waals surface area (Å²) in [5.41, 5.74) is 6.92. The van der Waals surface area contributed by atoms with Crippen LogP contribution in [0.25, 0.3) is 0 Å². The van der Waals surface area contributed by atoms with Crippen LogP contribution >= 0.6 is 47.2 Å². The number of hydrogen-bond donors (Lipinski definition) is 1. The van der Waals surface area contributed by atoms with E-state index < -0.39 is 0 Å². The van der Waals surface area contributed by atoms with Gasteiger partial charge in [-0.25, -0.2) is 4.98 Å². The zero-order valence-corrected chi connectivity index (χ0v) is 12.6. The fourth-order valence-electron chi connectivity index (χ4n) is 2.07. The van der Waals surface area contributed by atoms with Gasteiger partial charge in [0, 0.05) is 31.0 Å². The summed E-state index contributed by atoms with van der Waals surface area (Å²) in [5, 5.41) is 1.07. The Balaban J connectivity index is 0.00000162. The molecule has 1 aliphatic rings. The lowest BCUT2D eigenvalue weighted by Crippen LogP contribution is -2.28. The molecule has 0 radical (unpaired) electrons. The predicted octanol–water partition coefficient (Wildman–Crippen LogP) is 3.89. The van der Waals surface area contributed by atoms with E-state index in [2.05, 4.69) is 4.98 Å². The number of ether oxygens (including phenoxy) is 1. The molecule has 7 heteroatoms. The molecule has 1 aromatic heterocycles. The minimum absolute atomic E-state index is 0. The minimum Gasteiger partial charge on any atom is -0.381 e. The fraction of sp³-hybridized carbons (Fsp3) is 0.545. The standard InChI is InChI=1S/C11H13Cl3N2O.ClH/c12-7-5-16-11(14)9(13)8(7)10(15)6-1-3-17-4-2-6;/h5-6,10H,1-4,15H2;1H/t10-;/m1./s1. The molecule has 0 aromatic carbocycles. The Morgan fingerprint density at radius 2 is 1.89 bits per heavy atom. The Morgan fingerprint density at radius 3 is 2.50 bits per heavy atom. The Hall–Kier alpha value is 0.230. The highest BCUT2D eigenvalue weighted by molar-refractivity contribution is 6.43. The second-order valence-electron chi connectivity index (χ2n) is 4.10. The van der Waals surface area contributed by atoms with Gasteiger partial charge in [-0.2, -0.15) is 0 Å². The van der Waals surface area contributed by atoms with E-state index in [1.165, 1.54) is 6.20 Å². The van der Waals surface area contributed by atoms with Crippen molar-refractivity contribution in [3.8, 4) is 0 Å². The lowest BCUT2D eigenvalue weighted by Gasteiger charge is -2.28. The molecule has 18 heavy (non-hydrogen) atoms. The Kier molecular flexibility index (Phi) is 6.45. The van der Waals surface area contributed by atoms with E-state index in [1.807, 2.05) is 0 Å². The van der Waals surface area contributed by atoms with Crippen LogP contribution in [0.1, 0.15) is 24.4 Å². The highest BCUT2D eigenvalue weighted by atomic mass is 35.5. The first-order valence-electron chi connectivity index (χ1n) is 5.44. The first-order chi connectivity index (χ1) is 8.11. The van der Waals surface area contributed by atoms with E-state index >= 15 is 0 Å². The van der Waals surface area contributed by atoms with Crippen LogP contribution in [0, 0.1) is 5.92 Å². The normalized spacial score (nSPS) is 18.2. The van der Waals surface area contributed by atoms with Crippen molar-refractivity contribution in [1.82, 2.24) is 4.98 Å². The maximum absolute atomic E-state index is 6.23. The van der Waals surface area contributed by atoms with Crippen molar-refractivity contribution in [2.75, 3.05) is 13.2 Å². The molecule has 2 N–H and O–H groups in total. The van der Waals surface area contributed by atoms with Crippen molar-refractivity contribution in [2.45, 2.75) is 18.9 Å². The summed E-state index contributed by atoms with van der Waals surface area (Å²) in [6.45, 7) is 1.46. The number of rotatable bonds is 2. The van der Waals surface area contributed by atoms with Crippen LogP contribution < -0.4 is 5.73 Å². The van der Waals surface area contributed by atoms with Crippen molar-refractivity contribution < 1.29 is 4.74 Å². The molecule has 1 aliphatic heterocycles. The SMILES string of the molecule is Cl.N[C@@H](c1c(Cl)cnc(Cl)c1Cl)C1CCOCC1. The van der Waals surface area contributed by atoms with Crippen molar-refractivity contribution in [1.29, 1.82) is 0 Å². The predicted molar refractivity (Wildman–Crippen MR) is 77.0 cm³/mol. The smallest absolute Gasteiger partial charge is 0.148 e. The molecule has 2 heterocycles. The van der Waals surface area contributed by atoms with Crippen LogP contribution in [-0.4, -0.2) is 18.2 Å². The van der Waals surface area contributed by atoms with E-state index in [9.17, 15) is 0 Å². The lowest BCUT2D eigenvalue weighted by atomic mass is 9.88. The number of nitrogens with zero attached hydrogens (tertiary/aromatic N) is 1. The van der Waals surface area contributed by atoms with Gasteiger partial charge in [0.1, 0.15) is 5.15 Å². The van der Waals surface area contributed by atoms with E-state index in [-0.39, 0.29) is 23.6 Å². The van der Waals surface area contributed by atoms with Gasteiger partial charge in [0.05, 0.1) is 10.0 Å². The Labute approximate surface area is 127 Å². The molecule has 1 aromatic rings. The van der Waals surface area contributed by atoms with Crippen molar-refractivity contribution >= 4 is 47.2 Å². The summed E-state index contributed by atoms with van der Waals surface area (Å²) in [6.07, 6.45) is 3.31. The summed E-state index contributed by atoms with van der Waals surface area (Å²) in [4.78, 5) is 3.89. The van der Waals surface area contributed by atoms with Gasteiger partial charge in [0.2, 0.25) is 0 Å². The molecule has 0 amide bonds. The van der Waals surface area contributed by atoms with E-state index in [4.69, 9.17) is 45.3 Å². The molecule has 102 valence electrons. The second-order valence-corrected chi connectivity index (χ2v) is 5.24. The third-order valence-electron chi connectivity index (χ3n) is 3.07. The monoisotopic (exact) mass is 330 g/mol. The molecule has 0 saturated carbocycles. The Bertz CT molecular complexity index is 410. The molecular formula is C11H14Cl4N2O. The van der Waals surface area contributed by atoms with Gasteiger partial charge in [-0.1, -0.05) is 34.8 Å². The molecule has 0 bridgehead atoms. The van der Waals surface area contributed by atoms with Gasteiger partial charge < -0.3 is 10.5 Å². The topological polar surface area (TPSA) is 48.1 Å². The average molecular weight is 332 g/mol. The number of hydrogen-bond acceptors (Lipinski definition) is 3. The van der Waals surface area contributed by atoms with Gasteiger partial charge in [0.15, 0.2) is 0 Å². The van der Waals surface area contributed by atoms with Crippen LogP contribution in [-0.2, 0) is 4.74 Å². The Morgan fingerprint density at radius 1 is 1.28 bits per heavy atom. The van der Waals surface area contributed by atoms with E-state index in [0.717, 1.165) is 26.1 Å². The first kappa shape index (κ1) is 16.3. The maximum atomic E-state index is 6.23. The third kappa shape index (κ3) is 3.41. The highest BCUT2D eigenvalue weighted by Gasteiger charge is 2.26. The van der Waals surface area contributed by atoms with Crippen LogP contribution in [0.2, 0.25) is 15.2 Å². The van der Waals surface area contributed by atoms with Crippen molar-refractivity contribution in [3.63, 3.8) is 0 Å². The number of aromatic nitrogens is 1. The quantitative estimate of drug-likeness (QED) is 0.836. The minimum atomic E-state index is -0.223. The summed E-state index contributed by atoms with van der Waals surface area (Å²) >= 11 is 18.1. The van der Waals surface area contributed by atoms with Gasteiger partial charge in [0.25, 0.3) is 0 Å². The number of halogens is 4. The van der Waals surface area contributed by atoms with Gasteiger partial charge in [-0.05, 0) is 18.8 Å². The van der Waals surface area contributed by atoms with Crippen LogP contribution in [0.4, 0.5) is 0 Å². The molecule has 1 fully saturated rings. The molecule has 0 spiro atoms. The number of nitrogens with two attached hydrogens (primary N) is 1. The maximum Gasteiger partial charge on any atom is 0.148 e. The molecule has 0 aliphatic carbocycles. The molecule has 3 nitrogen and oxygen atoms in total. The third-order valence-corrected chi connectivity index (χ3v) is 4.14. The average Bonchev–Trinajstić information content (AvgIpc) is 2.35. The van der Waals surface area contributed by atoms with E-state index in [1.54, 1.807) is 0 Å². The molecule has 0 unspecified atom stereocenters. The second kappa shape index (κ2) is 7.13. The van der Waals surface area contributed by atoms with Gasteiger partial charge in [-0.3, -0.25) is 0 Å². The van der Waals surface area contributed by atoms with E-state index in [0.29, 0.717) is 21.5 Å². The van der Waals surface area contributed by atoms with Gasteiger partial charge >= 0.3 is 0 Å². The zero-order chi connectivity index (χ0) is 12.4. The molecular weight excluding hydrogens is 318 g/mol. The zero-order valence-electron chi connectivity index (χ0n) is 9.54. The largest absolute Gasteiger partial charge is 0.381 e. The summed E-state index contributed by atoms with van der Waals surface area (Å²) in [7, 11) is 0. The first-order valence-corrected chi connectivity index (χ1v) is 6.57. The molecule has 1 atom stereocenters. The molecule has 2 rings (SSSR count). The van der Waals surface area contributed by atoms with Crippen molar-refractivity contribution in [3.05, 3.63) is 27.0 Å². The summed E-state index contributed by atoms with van der Waals surface area (Å²) < 4.78 is 5.31. The fourth-order valence-corrected chi connectivity index (χ4v) is 2.82. The summed E-state index contributed by atoms with van der Waals surface area (Å²) in [6, 6.07) is -0.223. The summed E-state index contributed by atoms with van der Waals surface area (Å²) in [5.74, 6) is 0.317. The van der Waals surface area contributed by atoms with Crippen LogP contribution in [0.3, 0.4) is 0 Å². The van der Waals surface area contributed by atoms with Gasteiger partial charge in [-0.15, -0.1) is 12.4 Å². The van der Waals surface area contributed by atoms with Crippen LogP contribution in [0.5, 0.6) is 0 Å². The highest BCUT2D eigenvalue weighted by Crippen LogP contribution is 2.38.